The average molecular weight is 319 g/mol. The van der Waals surface area contributed by atoms with Gasteiger partial charge in [-0.1, -0.05) is 44.2 Å². The van der Waals surface area contributed by atoms with Crippen molar-refractivity contribution < 1.29 is 0 Å². The van der Waals surface area contributed by atoms with Crippen molar-refractivity contribution in [2.24, 2.45) is 0 Å². The van der Waals surface area contributed by atoms with Crippen LogP contribution in [0.15, 0.2) is 60.9 Å². The third kappa shape index (κ3) is 3.63. The van der Waals surface area contributed by atoms with E-state index >= 15 is 0 Å². The van der Waals surface area contributed by atoms with Gasteiger partial charge in [0.25, 0.3) is 0 Å². The molecule has 0 aliphatic heterocycles. The SMILES string of the molecule is CC(C)c1ccc(Nc2ncnc(Nc3ccccc3)c2N)cc1. The van der Waals surface area contributed by atoms with Crippen molar-refractivity contribution >= 4 is 28.7 Å². The molecule has 2 aromatic carbocycles. The highest BCUT2D eigenvalue weighted by Gasteiger charge is 2.09. The zero-order valence-corrected chi connectivity index (χ0v) is 13.8. The fourth-order valence-corrected chi connectivity index (χ4v) is 2.34. The summed E-state index contributed by atoms with van der Waals surface area (Å²) in [6.07, 6.45) is 1.49. The Morgan fingerprint density at radius 1 is 0.792 bits per heavy atom. The van der Waals surface area contributed by atoms with Gasteiger partial charge in [0, 0.05) is 11.4 Å². The van der Waals surface area contributed by atoms with Gasteiger partial charge in [0.2, 0.25) is 0 Å². The molecule has 0 radical (unpaired) electrons. The third-order valence-electron chi connectivity index (χ3n) is 3.76. The zero-order chi connectivity index (χ0) is 16.9. The highest BCUT2D eigenvalue weighted by atomic mass is 15.1. The molecule has 0 aliphatic carbocycles. The lowest BCUT2D eigenvalue weighted by atomic mass is 10.0. The lowest BCUT2D eigenvalue weighted by molar-refractivity contribution is 0.867. The fourth-order valence-electron chi connectivity index (χ4n) is 2.34. The zero-order valence-electron chi connectivity index (χ0n) is 13.8. The van der Waals surface area contributed by atoms with E-state index in [-0.39, 0.29) is 0 Å². The Morgan fingerprint density at radius 3 is 1.88 bits per heavy atom. The van der Waals surface area contributed by atoms with Gasteiger partial charge >= 0.3 is 0 Å². The second-order valence-corrected chi connectivity index (χ2v) is 5.88. The standard InChI is InChI=1S/C19H21N5/c1-13(2)14-8-10-16(11-9-14)24-19-17(20)18(21-12-22-19)23-15-6-4-3-5-7-15/h3-13H,20H2,1-2H3,(H2,21,22,23,24). The van der Waals surface area contributed by atoms with Gasteiger partial charge < -0.3 is 16.4 Å². The molecule has 5 nitrogen and oxygen atoms in total. The van der Waals surface area contributed by atoms with Crippen molar-refractivity contribution in [3.8, 4) is 0 Å². The van der Waals surface area contributed by atoms with Gasteiger partial charge in [0.1, 0.15) is 12.0 Å². The minimum Gasteiger partial charge on any atom is -0.393 e. The minimum absolute atomic E-state index is 0.481. The van der Waals surface area contributed by atoms with Crippen LogP contribution < -0.4 is 16.4 Å². The van der Waals surface area contributed by atoms with E-state index in [1.165, 1.54) is 11.9 Å². The van der Waals surface area contributed by atoms with Crippen LogP contribution in [0.5, 0.6) is 0 Å². The van der Waals surface area contributed by atoms with Gasteiger partial charge in [-0.2, -0.15) is 0 Å². The molecular formula is C19H21N5. The van der Waals surface area contributed by atoms with E-state index < -0.39 is 0 Å². The number of rotatable bonds is 5. The Morgan fingerprint density at radius 2 is 1.33 bits per heavy atom. The van der Waals surface area contributed by atoms with Crippen LogP contribution in [0.1, 0.15) is 25.3 Å². The number of hydrogen-bond donors (Lipinski definition) is 3. The summed E-state index contributed by atoms with van der Waals surface area (Å²) in [5.74, 6) is 1.67. The number of nitrogens with two attached hydrogens (primary N) is 1. The molecule has 0 atom stereocenters. The maximum Gasteiger partial charge on any atom is 0.159 e. The third-order valence-corrected chi connectivity index (χ3v) is 3.76. The minimum atomic E-state index is 0.481. The molecule has 5 heteroatoms. The first-order valence-corrected chi connectivity index (χ1v) is 7.93. The van der Waals surface area contributed by atoms with Crippen molar-refractivity contribution in [2.75, 3.05) is 16.4 Å². The van der Waals surface area contributed by atoms with Gasteiger partial charge in [-0.3, -0.25) is 0 Å². The highest BCUT2D eigenvalue weighted by Crippen LogP contribution is 2.28. The van der Waals surface area contributed by atoms with Crippen LogP contribution in [0.25, 0.3) is 0 Å². The Labute approximate surface area is 142 Å². The molecule has 0 unspecified atom stereocenters. The van der Waals surface area contributed by atoms with Crippen LogP contribution in [0.2, 0.25) is 0 Å². The molecule has 0 fully saturated rings. The number of nitrogens with one attached hydrogen (secondary N) is 2. The molecule has 122 valence electrons. The van der Waals surface area contributed by atoms with Crippen LogP contribution in [0.4, 0.5) is 28.7 Å². The first-order chi connectivity index (χ1) is 11.6. The molecule has 0 amide bonds. The maximum absolute atomic E-state index is 6.21. The van der Waals surface area contributed by atoms with E-state index in [1.807, 2.05) is 42.5 Å². The summed E-state index contributed by atoms with van der Waals surface area (Å²) in [6, 6.07) is 18.1. The van der Waals surface area contributed by atoms with E-state index in [0.29, 0.717) is 23.2 Å². The molecule has 1 heterocycles. The van der Waals surface area contributed by atoms with E-state index in [4.69, 9.17) is 5.73 Å². The van der Waals surface area contributed by atoms with Gasteiger partial charge in [0.05, 0.1) is 0 Å². The molecule has 24 heavy (non-hydrogen) atoms. The molecule has 3 rings (SSSR count). The number of para-hydroxylation sites is 1. The second kappa shape index (κ2) is 7.00. The maximum atomic E-state index is 6.21. The highest BCUT2D eigenvalue weighted by molar-refractivity contribution is 5.80. The topological polar surface area (TPSA) is 75.9 Å². The number of nitrogens with zero attached hydrogens (tertiary/aromatic N) is 2. The van der Waals surface area contributed by atoms with Crippen molar-refractivity contribution in [1.29, 1.82) is 0 Å². The van der Waals surface area contributed by atoms with Crippen LogP contribution in [-0.4, -0.2) is 9.97 Å². The molecular weight excluding hydrogens is 298 g/mol. The van der Waals surface area contributed by atoms with E-state index in [2.05, 4.69) is 46.6 Å². The number of aromatic nitrogens is 2. The number of anilines is 5. The predicted molar refractivity (Wildman–Crippen MR) is 100.0 cm³/mol. The smallest absolute Gasteiger partial charge is 0.159 e. The molecule has 0 saturated heterocycles. The second-order valence-electron chi connectivity index (χ2n) is 5.88. The molecule has 4 N–H and O–H groups in total. The summed E-state index contributed by atoms with van der Waals surface area (Å²) in [4.78, 5) is 8.47. The average Bonchev–Trinajstić information content (AvgIpc) is 2.60. The number of benzene rings is 2. The number of nitrogen functional groups attached to an aromatic ring is 1. The van der Waals surface area contributed by atoms with Crippen LogP contribution in [-0.2, 0) is 0 Å². The molecule has 0 spiro atoms. The Balaban J connectivity index is 1.80. The lowest BCUT2D eigenvalue weighted by Gasteiger charge is -2.13. The van der Waals surface area contributed by atoms with Crippen LogP contribution in [0, 0.1) is 0 Å². The van der Waals surface area contributed by atoms with Crippen molar-refractivity contribution in [3.63, 3.8) is 0 Å². The summed E-state index contributed by atoms with van der Waals surface area (Å²) < 4.78 is 0. The van der Waals surface area contributed by atoms with Crippen molar-refractivity contribution in [1.82, 2.24) is 9.97 Å². The Kier molecular flexibility index (Phi) is 4.61. The normalized spacial score (nSPS) is 10.6. The van der Waals surface area contributed by atoms with Gasteiger partial charge in [-0.05, 0) is 35.7 Å². The summed E-state index contributed by atoms with van der Waals surface area (Å²) in [5, 5.41) is 6.45. The van der Waals surface area contributed by atoms with E-state index in [1.54, 1.807) is 0 Å². The molecule has 0 bridgehead atoms. The fraction of sp³-hybridized carbons (Fsp3) is 0.158. The lowest BCUT2D eigenvalue weighted by Crippen LogP contribution is -2.05. The Hall–Kier alpha value is -3.08. The molecule has 0 aliphatic rings. The molecule has 1 aromatic heterocycles. The molecule has 3 aromatic rings. The van der Waals surface area contributed by atoms with E-state index in [0.717, 1.165) is 11.4 Å². The van der Waals surface area contributed by atoms with Crippen LogP contribution >= 0.6 is 0 Å². The van der Waals surface area contributed by atoms with Crippen LogP contribution in [0.3, 0.4) is 0 Å². The van der Waals surface area contributed by atoms with Crippen molar-refractivity contribution in [3.05, 3.63) is 66.5 Å². The first kappa shape index (κ1) is 15.8. The Bertz CT molecular complexity index is 798. The summed E-state index contributed by atoms with van der Waals surface area (Å²) >= 11 is 0. The van der Waals surface area contributed by atoms with Gasteiger partial charge in [-0.25, -0.2) is 9.97 Å². The summed E-state index contributed by atoms with van der Waals surface area (Å²) in [6.45, 7) is 4.35. The largest absolute Gasteiger partial charge is 0.393 e. The quantitative estimate of drug-likeness (QED) is 0.637. The monoisotopic (exact) mass is 319 g/mol. The first-order valence-electron chi connectivity index (χ1n) is 7.93. The van der Waals surface area contributed by atoms with Gasteiger partial charge in [-0.15, -0.1) is 0 Å². The van der Waals surface area contributed by atoms with E-state index in [9.17, 15) is 0 Å². The summed E-state index contributed by atoms with van der Waals surface area (Å²) in [5.41, 5.74) is 9.85. The van der Waals surface area contributed by atoms with Gasteiger partial charge in [0.15, 0.2) is 11.6 Å². The summed E-state index contributed by atoms with van der Waals surface area (Å²) in [7, 11) is 0. The molecule has 0 saturated carbocycles. The van der Waals surface area contributed by atoms with Crippen molar-refractivity contribution in [2.45, 2.75) is 19.8 Å². The predicted octanol–water partition coefficient (Wildman–Crippen LogP) is 4.67. The number of hydrogen-bond acceptors (Lipinski definition) is 5.